The molecule has 1 aliphatic rings. The summed E-state index contributed by atoms with van der Waals surface area (Å²) in [5, 5.41) is 5.21. The predicted molar refractivity (Wildman–Crippen MR) is 68.2 cm³/mol. The van der Waals surface area contributed by atoms with Gasteiger partial charge in [-0.25, -0.2) is 4.99 Å². The molecule has 0 aromatic heterocycles. The fourth-order valence-electron chi connectivity index (χ4n) is 1.83. The monoisotopic (exact) mass is 245 g/mol. The molecule has 18 heavy (non-hydrogen) atoms. The number of aliphatic imine (C=N–C) groups is 1. The lowest BCUT2D eigenvalue weighted by Crippen LogP contribution is -2.57. The molecule has 0 atom stereocenters. The van der Waals surface area contributed by atoms with Crippen molar-refractivity contribution in [3.8, 4) is 0 Å². The van der Waals surface area contributed by atoms with E-state index in [-0.39, 0.29) is 23.7 Å². The molecule has 1 heterocycles. The van der Waals surface area contributed by atoms with Gasteiger partial charge in [0.25, 0.3) is 0 Å². The molecule has 5 nitrogen and oxygen atoms in total. The van der Waals surface area contributed by atoms with Gasteiger partial charge in [0.15, 0.2) is 0 Å². The molecule has 0 radical (unpaired) electrons. The van der Waals surface area contributed by atoms with Gasteiger partial charge in [0, 0.05) is 0 Å². The molecule has 0 saturated carbocycles. The third-order valence-electron chi connectivity index (χ3n) is 2.71. The Morgan fingerprint density at radius 1 is 1.06 bits per heavy atom. The van der Waals surface area contributed by atoms with Crippen LogP contribution in [-0.2, 0) is 9.59 Å². The van der Waals surface area contributed by atoms with Gasteiger partial charge in [-0.2, -0.15) is 0 Å². The first-order chi connectivity index (χ1) is 8.58. The number of hydrogen-bond acceptors (Lipinski definition) is 3. The Kier molecular flexibility index (Phi) is 3.41. The van der Waals surface area contributed by atoms with E-state index in [1.807, 2.05) is 32.0 Å². The van der Waals surface area contributed by atoms with Crippen LogP contribution in [0.2, 0.25) is 0 Å². The van der Waals surface area contributed by atoms with Crippen molar-refractivity contribution in [1.29, 1.82) is 0 Å². The van der Waals surface area contributed by atoms with E-state index in [1.165, 1.54) is 0 Å². The van der Waals surface area contributed by atoms with Crippen LogP contribution in [0.1, 0.15) is 13.8 Å². The van der Waals surface area contributed by atoms with Crippen molar-refractivity contribution >= 4 is 23.5 Å². The standard InChI is InChI=1S/C13H15N3O2/c1-8(2)10-11(17)15-13(16-12(10)18)14-9-6-4-3-5-7-9/h3-8,10H,1-2H3,(H2,14,15,16,17,18). The number of para-hydroxylation sites is 1. The summed E-state index contributed by atoms with van der Waals surface area (Å²) >= 11 is 0. The quantitative estimate of drug-likeness (QED) is 0.768. The summed E-state index contributed by atoms with van der Waals surface area (Å²) < 4.78 is 0. The van der Waals surface area contributed by atoms with Crippen LogP contribution in [0, 0.1) is 11.8 Å². The number of guanidine groups is 1. The Morgan fingerprint density at radius 3 is 2.11 bits per heavy atom. The summed E-state index contributed by atoms with van der Waals surface area (Å²) in [6, 6.07) is 9.13. The van der Waals surface area contributed by atoms with E-state index >= 15 is 0 Å². The molecule has 1 saturated heterocycles. The highest BCUT2D eigenvalue weighted by molar-refractivity contribution is 6.18. The highest BCUT2D eigenvalue weighted by Gasteiger charge is 2.35. The van der Waals surface area contributed by atoms with E-state index in [9.17, 15) is 9.59 Å². The van der Waals surface area contributed by atoms with E-state index in [0.717, 1.165) is 0 Å². The van der Waals surface area contributed by atoms with Crippen molar-refractivity contribution < 1.29 is 9.59 Å². The molecular formula is C13H15N3O2. The Bertz CT molecular complexity index is 474. The van der Waals surface area contributed by atoms with Crippen LogP contribution in [0.15, 0.2) is 35.3 Å². The van der Waals surface area contributed by atoms with Crippen molar-refractivity contribution in [2.75, 3.05) is 0 Å². The lowest BCUT2D eigenvalue weighted by Gasteiger charge is -2.25. The highest BCUT2D eigenvalue weighted by Crippen LogP contribution is 2.15. The van der Waals surface area contributed by atoms with Crippen molar-refractivity contribution in [1.82, 2.24) is 10.6 Å². The van der Waals surface area contributed by atoms with E-state index < -0.39 is 5.92 Å². The molecule has 2 amide bonds. The van der Waals surface area contributed by atoms with Gasteiger partial charge in [0.1, 0.15) is 5.92 Å². The second-order valence-corrected chi connectivity index (χ2v) is 4.50. The molecule has 0 aliphatic carbocycles. The lowest BCUT2D eigenvalue weighted by molar-refractivity contribution is -0.136. The SMILES string of the molecule is CC(C)C1C(=O)NC(=Nc2ccccc2)NC1=O. The molecule has 1 fully saturated rings. The minimum absolute atomic E-state index is 0.0386. The molecule has 2 N–H and O–H groups in total. The number of carbonyl (C=O) groups excluding carboxylic acids is 2. The molecular weight excluding hydrogens is 230 g/mol. The van der Waals surface area contributed by atoms with Gasteiger partial charge >= 0.3 is 0 Å². The van der Waals surface area contributed by atoms with E-state index in [2.05, 4.69) is 15.6 Å². The molecule has 0 spiro atoms. The summed E-state index contributed by atoms with van der Waals surface area (Å²) in [5.41, 5.74) is 0.677. The Balaban J connectivity index is 2.18. The summed E-state index contributed by atoms with van der Waals surface area (Å²) in [5.74, 6) is -1.11. The maximum atomic E-state index is 11.8. The Morgan fingerprint density at radius 2 is 1.61 bits per heavy atom. The summed E-state index contributed by atoms with van der Waals surface area (Å²) in [4.78, 5) is 27.8. The first-order valence-electron chi connectivity index (χ1n) is 5.83. The normalized spacial score (nSPS) is 19.5. The molecule has 0 bridgehead atoms. The molecule has 2 rings (SSSR count). The number of nitrogens with one attached hydrogen (secondary N) is 2. The summed E-state index contributed by atoms with van der Waals surface area (Å²) in [6.07, 6.45) is 0. The number of amides is 2. The van der Waals surface area contributed by atoms with Crippen molar-refractivity contribution in [2.45, 2.75) is 13.8 Å². The maximum Gasteiger partial charge on any atom is 0.239 e. The number of nitrogens with zero attached hydrogens (tertiary/aromatic N) is 1. The van der Waals surface area contributed by atoms with E-state index in [1.54, 1.807) is 12.1 Å². The molecule has 94 valence electrons. The van der Waals surface area contributed by atoms with Crippen LogP contribution in [0.25, 0.3) is 0 Å². The fraction of sp³-hybridized carbons (Fsp3) is 0.308. The molecule has 0 unspecified atom stereocenters. The minimum atomic E-state index is -0.653. The number of hydrogen-bond donors (Lipinski definition) is 2. The van der Waals surface area contributed by atoms with Crippen molar-refractivity contribution in [3.05, 3.63) is 30.3 Å². The van der Waals surface area contributed by atoms with Gasteiger partial charge in [-0.1, -0.05) is 32.0 Å². The first kappa shape index (κ1) is 12.3. The first-order valence-corrected chi connectivity index (χ1v) is 5.83. The van der Waals surface area contributed by atoms with E-state index in [4.69, 9.17) is 0 Å². The van der Waals surface area contributed by atoms with Crippen molar-refractivity contribution in [3.63, 3.8) is 0 Å². The van der Waals surface area contributed by atoms with Gasteiger partial charge in [0.2, 0.25) is 17.8 Å². The molecule has 1 aromatic carbocycles. The van der Waals surface area contributed by atoms with Gasteiger partial charge in [-0.3, -0.25) is 20.2 Å². The second-order valence-electron chi connectivity index (χ2n) is 4.50. The average molecular weight is 245 g/mol. The summed E-state index contributed by atoms with van der Waals surface area (Å²) in [6.45, 7) is 3.67. The largest absolute Gasteiger partial charge is 0.295 e. The van der Waals surface area contributed by atoms with Gasteiger partial charge in [-0.15, -0.1) is 0 Å². The Hall–Kier alpha value is -2.17. The van der Waals surface area contributed by atoms with Crippen LogP contribution in [0.4, 0.5) is 5.69 Å². The van der Waals surface area contributed by atoms with Gasteiger partial charge < -0.3 is 0 Å². The highest BCUT2D eigenvalue weighted by atomic mass is 16.2. The Labute approximate surface area is 105 Å². The fourth-order valence-corrected chi connectivity index (χ4v) is 1.83. The van der Waals surface area contributed by atoms with Crippen LogP contribution in [0.3, 0.4) is 0 Å². The zero-order valence-corrected chi connectivity index (χ0v) is 10.3. The second kappa shape index (κ2) is 5.00. The maximum absolute atomic E-state index is 11.8. The minimum Gasteiger partial charge on any atom is -0.295 e. The van der Waals surface area contributed by atoms with Crippen LogP contribution < -0.4 is 10.6 Å². The molecule has 5 heteroatoms. The zero-order valence-electron chi connectivity index (χ0n) is 10.3. The molecule has 1 aliphatic heterocycles. The third kappa shape index (κ3) is 2.56. The van der Waals surface area contributed by atoms with Gasteiger partial charge in [0.05, 0.1) is 5.69 Å². The number of benzene rings is 1. The summed E-state index contributed by atoms with van der Waals surface area (Å²) in [7, 11) is 0. The van der Waals surface area contributed by atoms with Crippen LogP contribution in [0.5, 0.6) is 0 Å². The lowest BCUT2D eigenvalue weighted by atomic mass is 9.93. The van der Waals surface area contributed by atoms with Crippen LogP contribution >= 0.6 is 0 Å². The average Bonchev–Trinajstić information content (AvgIpc) is 2.28. The van der Waals surface area contributed by atoms with Gasteiger partial charge in [-0.05, 0) is 18.1 Å². The number of rotatable bonds is 2. The predicted octanol–water partition coefficient (Wildman–Crippen LogP) is 1.19. The zero-order chi connectivity index (χ0) is 13.1. The molecule has 1 aromatic rings. The third-order valence-corrected chi connectivity index (χ3v) is 2.71. The topological polar surface area (TPSA) is 70.6 Å². The van der Waals surface area contributed by atoms with E-state index in [0.29, 0.717) is 5.69 Å². The number of carbonyl (C=O) groups is 2. The smallest absolute Gasteiger partial charge is 0.239 e. The van der Waals surface area contributed by atoms with Crippen LogP contribution in [-0.4, -0.2) is 17.8 Å². The van der Waals surface area contributed by atoms with Crippen molar-refractivity contribution in [2.24, 2.45) is 16.8 Å².